The van der Waals surface area contributed by atoms with Crippen molar-refractivity contribution in [3.05, 3.63) is 59.7 Å². The predicted octanol–water partition coefficient (Wildman–Crippen LogP) is 4.80. The van der Waals surface area contributed by atoms with Gasteiger partial charge in [-0.05, 0) is 47.9 Å². The van der Waals surface area contributed by atoms with E-state index in [-0.39, 0.29) is 49.8 Å². The maximum atomic E-state index is 12.9. The van der Waals surface area contributed by atoms with Gasteiger partial charge in [0.05, 0.1) is 6.42 Å². The average molecular weight is 479 g/mol. The van der Waals surface area contributed by atoms with E-state index in [1.54, 1.807) is 4.90 Å². The number of aliphatic carboxylic acids is 1. The molecule has 35 heavy (non-hydrogen) atoms. The average Bonchev–Trinajstić information content (AvgIpc) is 3.49. The van der Waals surface area contributed by atoms with Gasteiger partial charge in [0.15, 0.2) is 0 Å². The molecule has 1 unspecified atom stereocenters. The number of hydrogen-bond donors (Lipinski definition) is 2. The van der Waals surface area contributed by atoms with Gasteiger partial charge in [0.2, 0.25) is 5.91 Å². The zero-order valence-corrected chi connectivity index (χ0v) is 20.2. The van der Waals surface area contributed by atoms with Gasteiger partial charge < -0.3 is 20.1 Å². The van der Waals surface area contributed by atoms with Gasteiger partial charge >= 0.3 is 12.1 Å². The van der Waals surface area contributed by atoms with E-state index in [1.165, 1.54) is 11.1 Å². The number of rotatable bonds is 10. The third-order valence-electron chi connectivity index (χ3n) is 7.34. The second-order valence-corrected chi connectivity index (χ2v) is 9.44. The van der Waals surface area contributed by atoms with E-state index in [2.05, 4.69) is 29.6 Å². The van der Waals surface area contributed by atoms with E-state index in [0.717, 1.165) is 36.8 Å². The molecule has 0 radical (unpaired) electrons. The molecule has 2 amide bonds. The van der Waals surface area contributed by atoms with Crippen LogP contribution in [0, 0.1) is 5.92 Å². The molecular weight excluding hydrogens is 444 g/mol. The molecular formula is C28H34N2O5. The molecule has 1 saturated carbocycles. The van der Waals surface area contributed by atoms with Gasteiger partial charge in [-0.1, -0.05) is 61.4 Å². The smallest absolute Gasteiger partial charge is 0.407 e. The number of ether oxygens (including phenoxy) is 1. The minimum atomic E-state index is -0.930. The summed E-state index contributed by atoms with van der Waals surface area (Å²) in [5.74, 6) is -0.867. The van der Waals surface area contributed by atoms with Crippen molar-refractivity contribution in [2.45, 2.75) is 57.4 Å². The lowest BCUT2D eigenvalue weighted by Gasteiger charge is -2.28. The molecule has 2 aromatic carbocycles. The Kier molecular flexibility index (Phi) is 8.06. The Bertz CT molecular complexity index is 1020. The number of alkyl carbamates (subject to hydrolysis) is 1. The maximum Gasteiger partial charge on any atom is 0.407 e. The number of carboxylic acid groups (broad SMARTS) is 1. The van der Waals surface area contributed by atoms with Gasteiger partial charge in [-0.25, -0.2) is 4.79 Å². The van der Waals surface area contributed by atoms with Crippen molar-refractivity contribution in [1.29, 1.82) is 0 Å². The first-order valence-corrected chi connectivity index (χ1v) is 12.6. The minimum Gasteiger partial charge on any atom is -0.481 e. The topological polar surface area (TPSA) is 95.9 Å². The zero-order chi connectivity index (χ0) is 24.8. The van der Waals surface area contributed by atoms with Crippen LogP contribution in [0.15, 0.2) is 48.5 Å². The van der Waals surface area contributed by atoms with E-state index in [9.17, 15) is 14.4 Å². The molecule has 0 aliphatic heterocycles. The van der Waals surface area contributed by atoms with Gasteiger partial charge in [-0.3, -0.25) is 9.59 Å². The van der Waals surface area contributed by atoms with Gasteiger partial charge in [0.1, 0.15) is 6.61 Å². The Morgan fingerprint density at radius 2 is 1.63 bits per heavy atom. The third kappa shape index (κ3) is 5.84. The van der Waals surface area contributed by atoms with Crippen molar-refractivity contribution in [3.63, 3.8) is 0 Å². The van der Waals surface area contributed by atoms with Crippen molar-refractivity contribution in [1.82, 2.24) is 10.2 Å². The van der Waals surface area contributed by atoms with E-state index in [4.69, 9.17) is 9.84 Å². The van der Waals surface area contributed by atoms with Gasteiger partial charge in [0.25, 0.3) is 0 Å². The normalized spacial score (nSPS) is 15.8. The minimum absolute atomic E-state index is 0.0219. The lowest BCUT2D eigenvalue weighted by Crippen LogP contribution is -2.45. The number of fused-ring (bicyclic) bond motifs is 3. The lowest BCUT2D eigenvalue weighted by atomic mass is 9.95. The summed E-state index contributed by atoms with van der Waals surface area (Å²) in [5.41, 5.74) is 4.65. The van der Waals surface area contributed by atoms with Crippen LogP contribution in [0.3, 0.4) is 0 Å². The summed E-state index contributed by atoms with van der Waals surface area (Å²) in [7, 11) is 0. The Labute approximate surface area is 206 Å². The summed E-state index contributed by atoms with van der Waals surface area (Å²) in [5, 5.41) is 12.0. The van der Waals surface area contributed by atoms with E-state index in [0.29, 0.717) is 6.54 Å². The summed E-state index contributed by atoms with van der Waals surface area (Å²) >= 11 is 0. The van der Waals surface area contributed by atoms with Crippen LogP contribution in [0.1, 0.15) is 62.5 Å². The standard InChI is InChI=1S/C28H34N2O5/c1-2-30(16-15-27(32)33)26(31)17-25(19-9-3-4-10-19)29-28(34)35-18-24-22-13-7-5-11-20(22)21-12-6-8-14-23(21)24/h5-8,11-14,19,24-25H,2-4,9-10,15-18H2,1H3,(H,29,34)(H,32,33). The van der Waals surface area contributed by atoms with Crippen LogP contribution in [0.2, 0.25) is 0 Å². The Balaban J connectivity index is 1.40. The fourth-order valence-corrected chi connectivity index (χ4v) is 5.49. The predicted molar refractivity (Wildman–Crippen MR) is 133 cm³/mol. The molecule has 2 aromatic rings. The van der Waals surface area contributed by atoms with Crippen molar-refractivity contribution >= 4 is 18.0 Å². The van der Waals surface area contributed by atoms with Crippen LogP contribution >= 0.6 is 0 Å². The molecule has 4 rings (SSSR count). The summed E-state index contributed by atoms with van der Waals surface area (Å²) in [6.07, 6.45) is 3.64. The molecule has 0 aromatic heterocycles. The molecule has 1 fully saturated rings. The number of carbonyl (C=O) groups excluding carboxylic acids is 2. The van der Waals surface area contributed by atoms with Crippen LogP contribution in [0.4, 0.5) is 4.79 Å². The molecule has 1 atom stereocenters. The van der Waals surface area contributed by atoms with Gasteiger partial charge in [-0.15, -0.1) is 0 Å². The molecule has 0 bridgehead atoms. The first-order valence-electron chi connectivity index (χ1n) is 12.6. The van der Waals surface area contributed by atoms with Crippen molar-refractivity contribution in [2.24, 2.45) is 5.92 Å². The molecule has 0 spiro atoms. The molecule has 2 aliphatic carbocycles. The van der Waals surface area contributed by atoms with Crippen molar-refractivity contribution in [3.8, 4) is 11.1 Å². The molecule has 0 heterocycles. The van der Waals surface area contributed by atoms with Gasteiger partial charge in [0, 0.05) is 31.5 Å². The SMILES string of the molecule is CCN(CCC(=O)O)C(=O)CC(NC(=O)OCC1c2ccccc2-c2ccccc21)C1CCCC1. The van der Waals surface area contributed by atoms with E-state index in [1.807, 2.05) is 31.2 Å². The monoisotopic (exact) mass is 478 g/mol. The summed E-state index contributed by atoms with van der Waals surface area (Å²) in [6, 6.07) is 16.1. The fourth-order valence-electron chi connectivity index (χ4n) is 5.49. The van der Waals surface area contributed by atoms with Crippen LogP contribution in [0.5, 0.6) is 0 Å². The number of amides is 2. The first kappa shape index (κ1) is 24.8. The highest BCUT2D eigenvalue weighted by Crippen LogP contribution is 2.44. The summed E-state index contributed by atoms with van der Waals surface area (Å²) < 4.78 is 5.72. The number of hydrogen-bond acceptors (Lipinski definition) is 4. The second-order valence-electron chi connectivity index (χ2n) is 9.44. The number of carboxylic acids is 1. The summed E-state index contributed by atoms with van der Waals surface area (Å²) in [4.78, 5) is 38.3. The van der Waals surface area contributed by atoms with Crippen LogP contribution in [-0.4, -0.2) is 53.7 Å². The third-order valence-corrected chi connectivity index (χ3v) is 7.34. The second kappa shape index (κ2) is 11.4. The largest absolute Gasteiger partial charge is 0.481 e. The highest BCUT2D eigenvalue weighted by atomic mass is 16.5. The summed E-state index contributed by atoms with van der Waals surface area (Å²) in [6.45, 7) is 2.68. The number of nitrogens with zero attached hydrogens (tertiary/aromatic N) is 1. The number of carbonyl (C=O) groups is 3. The van der Waals surface area contributed by atoms with E-state index < -0.39 is 12.1 Å². The van der Waals surface area contributed by atoms with Crippen LogP contribution in [-0.2, 0) is 14.3 Å². The molecule has 7 nitrogen and oxygen atoms in total. The Morgan fingerprint density at radius 1 is 1.03 bits per heavy atom. The van der Waals surface area contributed by atoms with Crippen molar-refractivity contribution in [2.75, 3.05) is 19.7 Å². The Morgan fingerprint density at radius 3 is 2.20 bits per heavy atom. The molecule has 2 aliphatic rings. The molecule has 2 N–H and O–H groups in total. The maximum absolute atomic E-state index is 12.9. The lowest BCUT2D eigenvalue weighted by molar-refractivity contribution is -0.138. The van der Waals surface area contributed by atoms with Crippen molar-refractivity contribution < 1.29 is 24.2 Å². The quantitative estimate of drug-likeness (QED) is 0.512. The fraction of sp³-hybridized carbons (Fsp3) is 0.464. The van der Waals surface area contributed by atoms with Gasteiger partial charge in [-0.2, -0.15) is 0 Å². The number of benzene rings is 2. The Hall–Kier alpha value is -3.35. The first-order chi connectivity index (χ1) is 17.0. The molecule has 186 valence electrons. The molecule has 0 saturated heterocycles. The zero-order valence-electron chi connectivity index (χ0n) is 20.2. The van der Waals surface area contributed by atoms with E-state index >= 15 is 0 Å². The molecule has 7 heteroatoms. The highest BCUT2D eigenvalue weighted by molar-refractivity contribution is 5.80. The van der Waals surface area contributed by atoms with Crippen LogP contribution in [0.25, 0.3) is 11.1 Å². The number of nitrogens with one attached hydrogen (secondary N) is 1. The van der Waals surface area contributed by atoms with Crippen LogP contribution < -0.4 is 5.32 Å². The highest BCUT2D eigenvalue weighted by Gasteiger charge is 2.32.